The Morgan fingerprint density at radius 1 is 1.00 bits per heavy atom. The number of benzene rings is 2. The Hall–Kier alpha value is -3.59. The molecule has 4 aromatic rings. The summed E-state index contributed by atoms with van der Waals surface area (Å²) in [7, 11) is 4.95. The van der Waals surface area contributed by atoms with Crippen LogP contribution in [0.5, 0.6) is 17.2 Å². The van der Waals surface area contributed by atoms with Crippen molar-refractivity contribution in [3.05, 3.63) is 47.8 Å². The van der Waals surface area contributed by atoms with Gasteiger partial charge < -0.3 is 24.8 Å². The van der Waals surface area contributed by atoms with Crippen LogP contribution in [0.15, 0.2) is 36.4 Å². The van der Waals surface area contributed by atoms with Crippen LogP contribution < -0.4 is 24.8 Å². The molecule has 1 saturated heterocycles. The third-order valence-corrected chi connectivity index (χ3v) is 6.36. The molecule has 34 heavy (non-hydrogen) atoms. The van der Waals surface area contributed by atoms with E-state index in [2.05, 4.69) is 17.6 Å². The topological polar surface area (TPSA) is 94.8 Å². The lowest BCUT2D eigenvalue weighted by Gasteiger charge is -2.25. The summed E-state index contributed by atoms with van der Waals surface area (Å²) in [4.78, 5) is 9.85. The maximum atomic E-state index is 5.56. The van der Waals surface area contributed by atoms with E-state index in [1.54, 1.807) is 21.3 Å². The molecular weight excluding hydrogens is 432 g/mol. The van der Waals surface area contributed by atoms with E-state index in [4.69, 9.17) is 29.3 Å². The van der Waals surface area contributed by atoms with Crippen molar-refractivity contribution >= 4 is 22.5 Å². The minimum absolute atomic E-state index is 0.270. The SMILES string of the molecule is COc1ccc(CNc2nc3cc(OC)ccc3c3nc(C4CNCC(C)C4)nn23)c(OC)c1. The lowest BCUT2D eigenvalue weighted by molar-refractivity contribution is 0.355. The molecule has 9 heteroatoms. The summed E-state index contributed by atoms with van der Waals surface area (Å²) < 4.78 is 18.1. The van der Waals surface area contributed by atoms with Crippen LogP contribution in [0, 0.1) is 5.92 Å². The Balaban J connectivity index is 1.56. The van der Waals surface area contributed by atoms with Crippen molar-refractivity contribution in [3.63, 3.8) is 0 Å². The van der Waals surface area contributed by atoms with Gasteiger partial charge in [-0.05, 0) is 43.1 Å². The fraction of sp³-hybridized carbons (Fsp3) is 0.400. The van der Waals surface area contributed by atoms with Crippen LogP contribution in [0.4, 0.5) is 5.95 Å². The number of fused-ring (bicyclic) bond motifs is 3. The third kappa shape index (κ3) is 4.19. The number of ether oxygens (including phenoxy) is 3. The van der Waals surface area contributed by atoms with Gasteiger partial charge in [-0.15, -0.1) is 5.10 Å². The van der Waals surface area contributed by atoms with Crippen LogP contribution in [-0.4, -0.2) is 54.0 Å². The minimum Gasteiger partial charge on any atom is -0.497 e. The van der Waals surface area contributed by atoms with Gasteiger partial charge in [0.2, 0.25) is 5.95 Å². The number of piperidine rings is 1. The van der Waals surface area contributed by atoms with Gasteiger partial charge in [-0.1, -0.05) is 6.92 Å². The summed E-state index contributed by atoms with van der Waals surface area (Å²) >= 11 is 0. The normalized spacial score (nSPS) is 18.2. The molecular formula is C25H30N6O3. The van der Waals surface area contributed by atoms with Gasteiger partial charge in [-0.3, -0.25) is 0 Å². The van der Waals surface area contributed by atoms with Gasteiger partial charge in [0.05, 0.1) is 26.8 Å². The smallest absolute Gasteiger partial charge is 0.226 e. The number of rotatable bonds is 7. The van der Waals surface area contributed by atoms with Crippen LogP contribution >= 0.6 is 0 Å². The standard InChI is InChI=1S/C25H30N6O3/c1-15-9-17(13-26-12-15)23-29-24-20-8-7-18(32-2)10-21(20)28-25(31(24)30-23)27-14-16-5-6-19(33-3)11-22(16)34-4/h5-8,10-11,15,17,26H,9,12-14H2,1-4H3,(H,27,28). The highest BCUT2D eigenvalue weighted by molar-refractivity contribution is 5.93. The number of hydrogen-bond donors (Lipinski definition) is 2. The van der Waals surface area contributed by atoms with Crippen molar-refractivity contribution in [2.45, 2.75) is 25.8 Å². The molecule has 2 atom stereocenters. The van der Waals surface area contributed by atoms with Crippen molar-refractivity contribution in [3.8, 4) is 17.2 Å². The maximum absolute atomic E-state index is 5.56. The monoisotopic (exact) mass is 462 g/mol. The first-order valence-corrected chi connectivity index (χ1v) is 11.5. The van der Waals surface area contributed by atoms with Crippen LogP contribution in [0.1, 0.15) is 30.7 Å². The molecule has 0 aliphatic carbocycles. The lowest BCUT2D eigenvalue weighted by atomic mass is 9.91. The Morgan fingerprint density at radius 3 is 2.56 bits per heavy atom. The van der Waals surface area contributed by atoms with Crippen molar-refractivity contribution in [1.29, 1.82) is 0 Å². The zero-order chi connectivity index (χ0) is 23.7. The van der Waals surface area contributed by atoms with Crippen molar-refractivity contribution in [2.24, 2.45) is 5.92 Å². The summed E-state index contributed by atoms with van der Waals surface area (Å²) in [5.41, 5.74) is 2.56. The zero-order valence-electron chi connectivity index (χ0n) is 20.0. The van der Waals surface area contributed by atoms with Crippen LogP contribution in [0.2, 0.25) is 0 Å². The third-order valence-electron chi connectivity index (χ3n) is 6.36. The molecule has 2 N–H and O–H groups in total. The van der Waals surface area contributed by atoms with E-state index in [1.807, 2.05) is 40.9 Å². The maximum Gasteiger partial charge on any atom is 0.226 e. The van der Waals surface area contributed by atoms with Crippen LogP contribution in [0.25, 0.3) is 16.6 Å². The van der Waals surface area contributed by atoms with Gasteiger partial charge in [0, 0.05) is 42.1 Å². The van der Waals surface area contributed by atoms with E-state index in [0.717, 1.165) is 64.7 Å². The summed E-state index contributed by atoms with van der Waals surface area (Å²) in [6, 6.07) is 11.6. The Kier molecular flexibility index (Phi) is 6.10. The molecule has 1 aliphatic rings. The highest BCUT2D eigenvalue weighted by Crippen LogP contribution is 2.30. The molecule has 178 valence electrons. The van der Waals surface area contributed by atoms with Gasteiger partial charge in [0.25, 0.3) is 0 Å². The second kappa shape index (κ2) is 9.34. The summed E-state index contributed by atoms with van der Waals surface area (Å²) in [5.74, 6) is 4.55. The molecule has 1 fully saturated rings. The molecule has 1 aliphatic heterocycles. The molecule has 0 radical (unpaired) electrons. The first-order valence-electron chi connectivity index (χ1n) is 11.5. The molecule has 0 spiro atoms. The number of aromatic nitrogens is 4. The average molecular weight is 463 g/mol. The average Bonchev–Trinajstić information content (AvgIpc) is 3.33. The summed E-state index contributed by atoms with van der Waals surface area (Å²) in [5, 5.41) is 12.8. The zero-order valence-corrected chi connectivity index (χ0v) is 20.0. The number of methoxy groups -OCH3 is 3. The summed E-state index contributed by atoms with van der Waals surface area (Å²) in [6.45, 7) is 4.67. The molecule has 5 rings (SSSR count). The van der Waals surface area contributed by atoms with E-state index < -0.39 is 0 Å². The van der Waals surface area contributed by atoms with Gasteiger partial charge in [0.1, 0.15) is 17.2 Å². The van der Waals surface area contributed by atoms with E-state index in [0.29, 0.717) is 18.4 Å². The van der Waals surface area contributed by atoms with Crippen molar-refractivity contribution in [1.82, 2.24) is 24.9 Å². The molecule has 2 aromatic carbocycles. The minimum atomic E-state index is 0.270. The number of anilines is 1. The van der Waals surface area contributed by atoms with Gasteiger partial charge >= 0.3 is 0 Å². The van der Waals surface area contributed by atoms with Crippen molar-refractivity contribution in [2.75, 3.05) is 39.7 Å². The molecule has 3 heterocycles. The number of nitrogens with zero attached hydrogens (tertiary/aromatic N) is 4. The molecule has 2 unspecified atom stereocenters. The van der Waals surface area contributed by atoms with E-state index >= 15 is 0 Å². The number of nitrogens with one attached hydrogen (secondary N) is 2. The molecule has 2 aromatic heterocycles. The van der Waals surface area contributed by atoms with E-state index in [-0.39, 0.29) is 5.92 Å². The fourth-order valence-corrected chi connectivity index (χ4v) is 4.54. The quantitative estimate of drug-likeness (QED) is 0.430. The predicted molar refractivity (Wildman–Crippen MR) is 131 cm³/mol. The van der Waals surface area contributed by atoms with Gasteiger partial charge in [-0.2, -0.15) is 4.52 Å². The molecule has 0 amide bonds. The Labute approximate surface area is 198 Å². The van der Waals surface area contributed by atoms with E-state index in [1.165, 1.54) is 0 Å². The predicted octanol–water partition coefficient (Wildman–Crippen LogP) is 3.63. The Morgan fingerprint density at radius 2 is 1.79 bits per heavy atom. The second-order valence-electron chi connectivity index (χ2n) is 8.75. The van der Waals surface area contributed by atoms with Crippen LogP contribution in [-0.2, 0) is 6.54 Å². The summed E-state index contributed by atoms with van der Waals surface area (Å²) in [6.07, 6.45) is 1.06. The number of hydrogen-bond acceptors (Lipinski definition) is 8. The van der Waals surface area contributed by atoms with Gasteiger partial charge in [-0.25, -0.2) is 9.97 Å². The second-order valence-corrected chi connectivity index (χ2v) is 8.75. The van der Waals surface area contributed by atoms with Gasteiger partial charge in [0.15, 0.2) is 11.5 Å². The highest BCUT2D eigenvalue weighted by Gasteiger charge is 2.25. The first kappa shape index (κ1) is 22.2. The lowest BCUT2D eigenvalue weighted by Crippen LogP contribution is -2.34. The fourth-order valence-electron chi connectivity index (χ4n) is 4.54. The highest BCUT2D eigenvalue weighted by atomic mass is 16.5. The molecule has 0 saturated carbocycles. The molecule has 0 bridgehead atoms. The van der Waals surface area contributed by atoms with E-state index in [9.17, 15) is 0 Å². The van der Waals surface area contributed by atoms with Crippen LogP contribution in [0.3, 0.4) is 0 Å². The Bertz CT molecular complexity index is 1320. The molecule has 9 nitrogen and oxygen atoms in total. The first-order chi connectivity index (χ1) is 16.6. The largest absolute Gasteiger partial charge is 0.497 e. The van der Waals surface area contributed by atoms with Crippen molar-refractivity contribution < 1.29 is 14.2 Å².